The lowest BCUT2D eigenvalue weighted by atomic mass is 9.89. The van der Waals surface area contributed by atoms with Gasteiger partial charge < -0.3 is 40.3 Å². The van der Waals surface area contributed by atoms with Crippen LogP contribution in [0.5, 0.6) is 0 Å². The third-order valence-electron chi connectivity index (χ3n) is 12.4. The number of anilines is 1. The van der Waals surface area contributed by atoms with Crippen LogP contribution in [0, 0.1) is 23.7 Å². The molecular formula is C46H75N7O7. The van der Waals surface area contributed by atoms with E-state index in [1.54, 1.807) is 51.1 Å². The number of methoxy groups -OCH3 is 2. The molecule has 14 nitrogen and oxygen atoms in total. The number of ether oxygens (including phenoxy) is 2. The minimum Gasteiger partial charge on any atom is -0.386 e. The minimum atomic E-state index is -0.886. The van der Waals surface area contributed by atoms with Crippen LogP contribution in [0.4, 0.5) is 5.82 Å². The van der Waals surface area contributed by atoms with E-state index in [2.05, 4.69) is 20.9 Å². The number of aromatic nitrogens is 1. The normalized spacial score (nSPS) is 18.9. The Labute approximate surface area is 359 Å². The van der Waals surface area contributed by atoms with Gasteiger partial charge in [-0.3, -0.25) is 24.1 Å². The zero-order valence-electron chi connectivity index (χ0n) is 38.5. The zero-order chi connectivity index (χ0) is 44.8. The Bertz CT molecular complexity index is 1660. The number of carbonyl (C=O) groups is 4. The van der Waals surface area contributed by atoms with Crippen LogP contribution in [0.3, 0.4) is 0 Å². The minimum absolute atomic E-state index is 0.0140. The molecule has 0 aliphatic carbocycles. The Balaban J connectivity index is 1.77. The maximum absolute atomic E-state index is 14.5. The van der Waals surface area contributed by atoms with Gasteiger partial charge in [0.1, 0.15) is 11.9 Å². The van der Waals surface area contributed by atoms with Gasteiger partial charge in [-0.25, -0.2) is 4.98 Å². The number of benzene rings is 1. The van der Waals surface area contributed by atoms with Gasteiger partial charge in [0.05, 0.1) is 54.8 Å². The molecule has 1 aromatic carbocycles. The molecule has 1 fully saturated rings. The maximum Gasteiger partial charge on any atom is 0.245 e. The van der Waals surface area contributed by atoms with E-state index in [4.69, 9.17) is 9.47 Å². The van der Waals surface area contributed by atoms with E-state index < -0.39 is 48.4 Å². The molecule has 10 atom stereocenters. The Morgan fingerprint density at radius 2 is 1.60 bits per heavy atom. The molecule has 2 aromatic rings. The lowest BCUT2D eigenvalue weighted by Gasteiger charge is -2.41. The van der Waals surface area contributed by atoms with Crippen LogP contribution in [0.1, 0.15) is 98.3 Å². The number of hydrogen-bond donors (Lipinski definition) is 4. The number of hydrogen-bond acceptors (Lipinski definition) is 10. The second-order valence-corrected chi connectivity index (χ2v) is 17.4. The molecule has 1 aliphatic heterocycles. The molecule has 60 heavy (non-hydrogen) atoms. The molecular weight excluding hydrogens is 763 g/mol. The van der Waals surface area contributed by atoms with Crippen LogP contribution in [0.2, 0.25) is 0 Å². The molecule has 1 saturated heterocycles. The average molecular weight is 838 g/mol. The summed E-state index contributed by atoms with van der Waals surface area (Å²) in [6, 6.07) is 10.4. The molecule has 0 radical (unpaired) electrons. The van der Waals surface area contributed by atoms with Crippen molar-refractivity contribution in [3.63, 3.8) is 0 Å². The highest BCUT2D eigenvalue weighted by atomic mass is 16.5. The van der Waals surface area contributed by atoms with Crippen molar-refractivity contribution >= 4 is 29.4 Å². The fraction of sp³-hybridized carbons (Fsp3) is 0.674. The first kappa shape index (κ1) is 50.2. The fourth-order valence-corrected chi connectivity index (χ4v) is 8.76. The van der Waals surface area contributed by atoms with Crippen LogP contribution < -0.4 is 16.0 Å². The Hall–Kier alpha value is -4.11. The topological polar surface area (TPSA) is 166 Å². The molecule has 4 amide bonds. The van der Waals surface area contributed by atoms with E-state index in [1.807, 2.05) is 103 Å². The Morgan fingerprint density at radius 3 is 2.17 bits per heavy atom. The number of likely N-dealkylation sites (tertiary alicyclic amines) is 1. The first-order valence-electron chi connectivity index (χ1n) is 21.7. The van der Waals surface area contributed by atoms with Crippen molar-refractivity contribution in [2.45, 2.75) is 136 Å². The number of carbonyl (C=O) groups excluding carboxylic acids is 4. The van der Waals surface area contributed by atoms with Crippen molar-refractivity contribution in [3.05, 3.63) is 59.8 Å². The first-order chi connectivity index (χ1) is 28.4. The van der Waals surface area contributed by atoms with Crippen molar-refractivity contribution in [2.24, 2.45) is 23.7 Å². The summed E-state index contributed by atoms with van der Waals surface area (Å²) in [6.07, 6.45) is 1.77. The number of amides is 4. The van der Waals surface area contributed by atoms with E-state index >= 15 is 0 Å². The highest BCUT2D eigenvalue weighted by molar-refractivity contribution is 5.90. The van der Waals surface area contributed by atoms with Gasteiger partial charge in [0.2, 0.25) is 23.6 Å². The predicted octanol–water partition coefficient (Wildman–Crippen LogP) is 4.88. The number of nitrogens with one attached hydrogen (secondary N) is 3. The summed E-state index contributed by atoms with van der Waals surface area (Å²) in [5, 5.41) is 20.0. The van der Waals surface area contributed by atoms with Crippen molar-refractivity contribution < 1.29 is 33.8 Å². The quantitative estimate of drug-likeness (QED) is 0.121. The number of pyridine rings is 1. The van der Waals surface area contributed by atoms with Gasteiger partial charge in [-0.15, -0.1) is 0 Å². The van der Waals surface area contributed by atoms with Crippen LogP contribution >= 0.6 is 0 Å². The highest BCUT2D eigenvalue weighted by Crippen LogP contribution is 2.30. The monoisotopic (exact) mass is 838 g/mol. The zero-order valence-corrected chi connectivity index (χ0v) is 38.5. The molecule has 0 saturated carbocycles. The lowest BCUT2D eigenvalue weighted by molar-refractivity contribution is -0.148. The van der Waals surface area contributed by atoms with E-state index in [9.17, 15) is 24.3 Å². The van der Waals surface area contributed by atoms with Crippen molar-refractivity contribution in [1.29, 1.82) is 0 Å². The number of nitrogens with zero attached hydrogens (tertiary/aromatic N) is 4. The van der Waals surface area contributed by atoms with Gasteiger partial charge in [-0.2, -0.15) is 0 Å². The van der Waals surface area contributed by atoms with Crippen molar-refractivity contribution in [1.82, 2.24) is 30.3 Å². The van der Waals surface area contributed by atoms with E-state index in [1.165, 1.54) is 0 Å². The molecule has 1 aliphatic rings. The molecule has 336 valence electrons. The average Bonchev–Trinajstić information content (AvgIpc) is 3.71. The van der Waals surface area contributed by atoms with E-state index in [0.29, 0.717) is 25.1 Å². The third kappa shape index (κ3) is 13.0. The summed E-state index contributed by atoms with van der Waals surface area (Å²) in [4.78, 5) is 66.3. The van der Waals surface area contributed by atoms with Gasteiger partial charge in [0, 0.05) is 47.6 Å². The molecule has 4 N–H and O–H groups in total. The van der Waals surface area contributed by atoms with Gasteiger partial charge in [0.15, 0.2) is 0 Å². The van der Waals surface area contributed by atoms with Crippen LogP contribution in [-0.2, 0) is 35.2 Å². The van der Waals surface area contributed by atoms with Crippen molar-refractivity contribution in [2.75, 3.05) is 47.2 Å². The van der Waals surface area contributed by atoms with E-state index in [0.717, 1.165) is 24.2 Å². The molecule has 1 aromatic heterocycles. The summed E-state index contributed by atoms with van der Waals surface area (Å²) in [5.74, 6) is -1.08. The number of rotatable bonds is 23. The number of likely N-dealkylation sites (N-methyl/N-ethyl adjacent to an activating group) is 2. The summed E-state index contributed by atoms with van der Waals surface area (Å²) < 4.78 is 12.0. The predicted molar refractivity (Wildman–Crippen MR) is 236 cm³/mol. The van der Waals surface area contributed by atoms with E-state index in [-0.39, 0.29) is 53.8 Å². The molecule has 10 unspecified atom stereocenters. The lowest BCUT2D eigenvalue weighted by Crippen LogP contribution is -2.60. The number of aliphatic hydroxyl groups excluding tert-OH is 1. The number of aliphatic hydroxyl groups is 1. The fourth-order valence-electron chi connectivity index (χ4n) is 8.76. The largest absolute Gasteiger partial charge is 0.386 e. The SMILES string of the molecule is CCC(C)C(C(CC(=O)N1CCCC1C(OC)C(C)C(=O)NC(C)C(O)c1ccccc1)OC)N(C)C(=O)C(NC(=O)C(C(C)C)N(C)Cc1ccnc(NC)c1)C(C)C. The van der Waals surface area contributed by atoms with Crippen molar-refractivity contribution in [3.8, 4) is 0 Å². The first-order valence-corrected chi connectivity index (χ1v) is 21.7. The van der Waals surface area contributed by atoms with Gasteiger partial charge in [-0.1, -0.05) is 85.2 Å². The Morgan fingerprint density at radius 1 is 0.933 bits per heavy atom. The molecule has 0 spiro atoms. The molecule has 2 heterocycles. The summed E-state index contributed by atoms with van der Waals surface area (Å²) in [6.45, 7) is 16.5. The maximum atomic E-state index is 14.5. The second-order valence-electron chi connectivity index (χ2n) is 17.4. The third-order valence-corrected chi connectivity index (χ3v) is 12.4. The highest BCUT2D eigenvalue weighted by Gasteiger charge is 2.43. The smallest absolute Gasteiger partial charge is 0.245 e. The van der Waals surface area contributed by atoms with Crippen LogP contribution in [-0.4, -0.2) is 133 Å². The standard InChI is InChI=1S/C46H75N7O7/c1-14-30(6)41(52(11)46(58)39(28(2)3)50-45(57)40(29(4)5)51(10)27-33-22-23-48-37(25-33)47-9)36(59-12)26-38(54)53-24-18-21-35(53)43(60-13)31(7)44(56)49-32(8)42(55)34-19-16-15-17-20-34/h15-17,19-20,22-23,25,28-32,35-36,39-43,55H,14,18,21,24,26-27H2,1-13H3,(H,47,48)(H,49,56)(H,50,57). The van der Waals surface area contributed by atoms with Crippen LogP contribution in [0.15, 0.2) is 48.7 Å². The Kier molecular flexibility index (Phi) is 19.9. The summed E-state index contributed by atoms with van der Waals surface area (Å²) >= 11 is 0. The molecule has 0 bridgehead atoms. The van der Waals surface area contributed by atoms with Gasteiger partial charge in [-0.05, 0) is 67.8 Å². The van der Waals surface area contributed by atoms with Gasteiger partial charge >= 0.3 is 0 Å². The summed E-state index contributed by atoms with van der Waals surface area (Å²) in [7, 11) is 8.58. The second kappa shape index (κ2) is 23.8. The molecule has 14 heteroatoms. The van der Waals surface area contributed by atoms with Gasteiger partial charge in [0.25, 0.3) is 0 Å². The summed E-state index contributed by atoms with van der Waals surface area (Å²) in [5.41, 5.74) is 1.71. The molecule has 3 rings (SSSR count). The van der Waals surface area contributed by atoms with Crippen LogP contribution in [0.25, 0.3) is 0 Å².